The smallest absolute Gasteiger partial charge is 0.254 e. The van der Waals surface area contributed by atoms with Crippen LogP contribution in [0.2, 0.25) is 5.02 Å². The van der Waals surface area contributed by atoms with E-state index in [1.54, 1.807) is 24.1 Å². The molecule has 0 aliphatic carbocycles. The molecule has 27 heavy (non-hydrogen) atoms. The van der Waals surface area contributed by atoms with Crippen LogP contribution in [-0.4, -0.2) is 41.0 Å². The largest absolute Gasteiger partial charge is 0.486 e. The van der Waals surface area contributed by atoms with Crippen LogP contribution < -0.4 is 9.47 Å². The zero-order valence-electron chi connectivity index (χ0n) is 15.0. The molecule has 0 fully saturated rings. The summed E-state index contributed by atoms with van der Waals surface area (Å²) in [5, 5.41) is 1.37. The maximum Gasteiger partial charge on any atom is 0.254 e. The van der Waals surface area contributed by atoms with Crippen molar-refractivity contribution in [2.75, 3.05) is 20.3 Å². The van der Waals surface area contributed by atoms with Crippen molar-refractivity contribution in [2.45, 2.75) is 13.5 Å². The van der Waals surface area contributed by atoms with Crippen LogP contribution in [0.4, 0.5) is 0 Å². The molecule has 0 radical (unpaired) electrons. The number of ether oxygens (including phenoxy) is 2. The lowest BCUT2D eigenvalue weighted by Crippen LogP contribution is -2.27. The second-order valence-electron chi connectivity index (χ2n) is 6.39. The maximum absolute atomic E-state index is 12.9. The van der Waals surface area contributed by atoms with Crippen LogP contribution in [0.15, 0.2) is 36.4 Å². The summed E-state index contributed by atoms with van der Waals surface area (Å²) in [4.78, 5) is 23.5. The molecule has 2 heterocycles. The van der Waals surface area contributed by atoms with Crippen LogP contribution >= 0.6 is 11.6 Å². The van der Waals surface area contributed by atoms with E-state index in [1.807, 2.05) is 31.2 Å². The minimum atomic E-state index is -0.191. The number of halogens is 1. The molecule has 1 aromatic heterocycles. The molecule has 0 bridgehead atoms. The number of aryl methyl sites for hydroxylation is 1. The maximum atomic E-state index is 12.9. The van der Waals surface area contributed by atoms with E-state index in [1.165, 1.54) is 0 Å². The van der Waals surface area contributed by atoms with Gasteiger partial charge in [0.1, 0.15) is 19.0 Å². The predicted molar refractivity (Wildman–Crippen MR) is 103 cm³/mol. The van der Waals surface area contributed by atoms with Crippen LogP contribution in [0.5, 0.6) is 11.5 Å². The van der Waals surface area contributed by atoms with Crippen molar-refractivity contribution in [2.24, 2.45) is 0 Å². The Morgan fingerprint density at radius 3 is 2.81 bits per heavy atom. The van der Waals surface area contributed by atoms with E-state index in [0.29, 0.717) is 41.1 Å². The number of nitrogens with zero attached hydrogens (tertiary/aromatic N) is 3. The SMILES string of the molecule is Cc1nc(CN(C)C(=O)c2cc(Cl)c3c(c2)OCCO3)nc2ccccc12. The van der Waals surface area contributed by atoms with Crippen molar-refractivity contribution >= 4 is 28.4 Å². The Bertz CT molecular complexity index is 1040. The fraction of sp³-hybridized carbons (Fsp3) is 0.250. The Labute approximate surface area is 161 Å². The quantitative estimate of drug-likeness (QED) is 0.691. The van der Waals surface area contributed by atoms with Crippen LogP contribution in [0.25, 0.3) is 10.9 Å². The highest BCUT2D eigenvalue weighted by Crippen LogP contribution is 2.38. The number of amides is 1. The molecule has 4 rings (SSSR count). The third-order valence-corrected chi connectivity index (χ3v) is 4.69. The minimum absolute atomic E-state index is 0.191. The summed E-state index contributed by atoms with van der Waals surface area (Å²) < 4.78 is 11.0. The third-order valence-electron chi connectivity index (χ3n) is 4.41. The number of rotatable bonds is 3. The second-order valence-corrected chi connectivity index (χ2v) is 6.79. The van der Waals surface area contributed by atoms with Gasteiger partial charge in [-0.3, -0.25) is 4.79 Å². The third kappa shape index (κ3) is 3.40. The molecule has 0 N–H and O–H groups in total. The van der Waals surface area contributed by atoms with Gasteiger partial charge in [0, 0.05) is 23.7 Å². The normalized spacial score (nSPS) is 12.9. The number of fused-ring (bicyclic) bond motifs is 2. The number of hydrogen-bond donors (Lipinski definition) is 0. The summed E-state index contributed by atoms with van der Waals surface area (Å²) in [7, 11) is 1.71. The van der Waals surface area contributed by atoms with E-state index >= 15 is 0 Å². The molecule has 1 amide bonds. The first-order chi connectivity index (χ1) is 13.0. The summed E-state index contributed by atoms with van der Waals surface area (Å²) in [6.07, 6.45) is 0. The number of carbonyl (C=O) groups excluding carboxylic acids is 1. The van der Waals surface area contributed by atoms with Gasteiger partial charge in [-0.25, -0.2) is 9.97 Å². The topological polar surface area (TPSA) is 64.6 Å². The molecular weight excluding hydrogens is 366 g/mol. The lowest BCUT2D eigenvalue weighted by atomic mass is 10.1. The monoisotopic (exact) mass is 383 g/mol. The number of benzene rings is 2. The summed E-state index contributed by atoms with van der Waals surface area (Å²) >= 11 is 6.24. The number of aromatic nitrogens is 2. The summed E-state index contributed by atoms with van der Waals surface area (Å²) in [5.74, 6) is 1.37. The van der Waals surface area contributed by atoms with Gasteiger partial charge in [-0.05, 0) is 25.1 Å². The molecule has 2 aromatic carbocycles. The van der Waals surface area contributed by atoms with E-state index in [9.17, 15) is 4.79 Å². The molecule has 6 nitrogen and oxygen atoms in total. The van der Waals surface area contributed by atoms with Crippen molar-refractivity contribution in [3.05, 3.63) is 58.5 Å². The Hall–Kier alpha value is -2.86. The van der Waals surface area contributed by atoms with Gasteiger partial charge in [0.25, 0.3) is 5.91 Å². The Kier molecular flexibility index (Phi) is 4.58. The first kappa shape index (κ1) is 17.5. The Balaban J connectivity index is 1.59. The van der Waals surface area contributed by atoms with Gasteiger partial charge in [0.2, 0.25) is 0 Å². The molecule has 138 valence electrons. The fourth-order valence-electron chi connectivity index (χ4n) is 3.10. The molecule has 0 unspecified atom stereocenters. The Morgan fingerprint density at radius 1 is 1.19 bits per heavy atom. The zero-order valence-corrected chi connectivity index (χ0v) is 15.8. The molecule has 0 atom stereocenters. The van der Waals surface area contributed by atoms with Crippen molar-refractivity contribution in [1.82, 2.24) is 14.9 Å². The van der Waals surface area contributed by atoms with Crippen LogP contribution in [-0.2, 0) is 6.54 Å². The summed E-state index contributed by atoms with van der Waals surface area (Å²) in [6.45, 7) is 3.10. The summed E-state index contributed by atoms with van der Waals surface area (Å²) in [5.41, 5.74) is 2.19. The van der Waals surface area contributed by atoms with Crippen LogP contribution in [0.3, 0.4) is 0 Å². The Morgan fingerprint density at radius 2 is 1.96 bits per heavy atom. The first-order valence-corrected chi connectivity index (χ1v) is 8.97. The van der Waals surface area contributed by atoms with E-state index < -0.39 is 0 Å². The molecule has 0 spiro atoms. The van der Waals surface area contributed by atoms with E-state index in [-0.39, 0.29) is 12.5 Å². The van der Waals surface area contributed by atoms with Crippen LogP contribution in [0, 0.1) is 6.92 Å². The molecule has 1 aliphatic rings. The predicted octanol–water partition coefficient (Wildman–Crippen LogP) is 3.64. The van der Waals surface area contributed by atoms with Gasteiger partial charge in [-0.2, -0.15) is 0 Å². The van der Waals surface area contributed by atoms with E-state index in [2.05, 4.69) is 9.97 Å². The molecule has 0 saturated heterocycles. The molecule has 3 aromatic rings. The average molecular weight is 384 g/mol. The standard InChI is InChI=1S/C20H18ClN3O3/c1-12-14-5-3-4-6-16(14)23-18(22-12)11-24(2)20(25)13-9-15(21)19-17(10-13)26-7-8-27-19/h3-6,9-10H,7-8,11H2,1-2H3. The second kappa shape index (κ2) is 7.04. The zero-order chi connectivity index (χ0) is 19.0. The number of para-hydroxylation sites is 1. The minimum Gasteiger partial charge on any atom is -0.486 e. The van der Waals surface area contributed by atoms with Crippen molar-refractivity contribution in [1.29, 1.82) is 0 Å². The lowest BCUT2D eigenvalue weighted by Gasteiger charge is -2.22. The average Bonchev–Trinajstić information content (AvgIpc) is 2.67. The van der Waals surface area contributed by atoms with Crippen LogP contribution in [0.1, 0.15) is 21.9 Å². The van der Waals surface area contributed by atoms with Crippen molar-refractivity contribution in [3.8, 4) is 11.5 Å². The number of hydrogen-bond acceptors (Lipinski definition) is 5. The summed E-state index contributed by atoms with van der Waals surface area (Å²) in [6, 6.07) is 11.1. The molecule has 7 heteroatoms. The van der Waals surface area contributed by atoms with Gasteiger partial charge >= 0.3 is 0 Å². The molecule has 1 aliphatic heterocycles. The highest BCUT2D eigenvalue weighted by Gasteiger charge is 2.21. The van der Waals surface area contributed by atoms with Crippen molar-refractivity contribution < 1.29 is 14.3 Å². The highest BCUT2D eigenvalue weighted by atomic mass is 35.5. The van der Waals surface area contributed by atoms with E-state index in [0.717, 1.165) is 16.6 Å². The van der Waals surface area contributed by atoms with E-state index in [4.69, 9.17) is 21.1 Å². The number of carbonyl (C=O) groups is 1. The van der Waals surface area contributed by atoms with Gasteiger partial charge in [0.05, 0.1) is 17.1 Å². The van der Waals surface area contributed by atoms with Gasteiger partial charge in [-0.15, -0.1) is 0 Å². The van der Waals surface area contributed by atoms with Crippen molar-refractivity contribution in [3.63, 3.8) is 0 Å². The fourth-order valence-corrected chi connectivity index (χ4v) is 3.37. The highest BCUT2D eigenvalue weighted by molar-refractivity contribution is 6.32. The van der Waals surface area contributed by atoms with Gasteiger partial charge in [-0.1, -0.05) is 29.8 Å². The lowest BCUT2D eigenvalue weighted by molar-refractivity contribution is 0.0780. The molecular formula is C20H18ClN3O3. The first-order valence-electron chi connectivity index (χ1n) is 8.60. The van der Waals surface area contributed by atoms with Gasteiger partial charge < -0.3 is 14.4 Å². The van der Waals surface area contributed by atoms with Gasteiger partial charge in [0.15, 0.2) is 11.5 Å². The molecule has 0 saturated carbocycles.